The second kappa shape index (κ2) is 5.00. The predicted octanol–water partition coefficient (Wildman–Crippen LogP) is 3.38. The molecule has 1 aromatic rings. The van der Waals surface area contributed by atoms with Crippen LogP contribution in [0.1, 0.15) is 41.6 Å². The van der Waals surface area contributed by atoms with Crippen molar-refractivity contribution in [1.29, 1.82) is 0 Å². The highest BCUT2D eigenvalue weighted by atomic mass is 19.4. The molecule has 98 valence electrons. The van der Waals surface area contributed by atoms with Crippen LogP contribution < -0.4 is 5.32 Å². The normalized spacial score (nSPS) is 16.8. The largest absolute Gasteiger partial charge is 0.416 e. The summed E-state index contributed by atoms with van der Waals surface area (Å²) in [6.07, 6.45) is -0.269. The average molecular weight is 257 g/mol. The predicted molar refractivity (Wildman–Crippen MR) is 61.2 cm³/mol. The molecule has 1 amide bonds. The Labute approximate surface area is 103 Å². The Morgan fingerprint density at radius 1 is 1.11 bits per heavy atom. The first-order valence-electron chi connectivity index (χ1n) is 5.95. The third-order valence-corrected chi connectivity index (χ3v) is 3.16. The van der Waals surface area contributed by atoms with E-state index >= 15 is 0 Å². The lowest BCUT2D eigenvalue weighted by Gasteiger charge is -2.12. The highest BCUT2D eigenvalue weighted by Crippen LogP contribution is 2.29. The molecule has 1 aromatic carbocycles. The van der Waals surface area contributed by atoms with Crippen LogP contribution in [0.15, 0.2) is 24.3 Å². The summed E-state index contributed by atoms with van der Waals surface area (Å²) in [6, 6.07) is 4.47. The number of nitrogens with one attached hydrogen (secondary N) is 1. The summed E-state index contributed by atoms with van der Waals surface area (Å²) >= 11 is 0. The summed E-state index contributed by atoms with van der Waals surface area (Å²) in [6.45, 7) is 0. The fraction of sp³-hybridized carbons (Fsp3) is 0.462. The van der Waals surface area contributed by atoms with Gasteiger partial charge in [-0.3, -0.25) is 4.79 Å². The standard InChI is InChI=1S/C13H14F3NO/c14-13(15,16)10-7-5-9(6-8-10)12(18)17-11-3-1-2-4-11/h5-8,11H,1-4H2,(H,17,18). The van der Waals surface area contributed by atoms with Gasteiger partial charge in [0.05, 0.1) is 5.56 Å². The first-order chi connectivity index (χ1) is 8.47. The smallest absolute Gasteiger partial charge is 0.349 e. The van der Waals surface area contributed by atoms with E-state index in [4.69, 9.17) is 0 Å². The van der Waals surface area contributed by atoms with Gasteiger partial charge < -0.3 is 5.32 Å². The molecule has 0 saturated heterocycles. The Balaban J connectivity index is 2.02. The van der Waals surface area contributed by atoms with E-state index in [0.717, 1.165) is 37.8 Å². The minimum Gasteiger partial charge on any atom is -0.349 e. The molecule has 0 spiro atoms. The average Bonchev–Trinajstić information content (AvgIpc) is 2.81. The molecule has 1 saturated carbocycles. The van der Waals surface area contributed by atoms with Gasteiger partial charge in [0.1, 0.15) is 0 Å². The monoisotopic (exact) mass is 257 g/mol. The van der Waals surface area contributed by atoms with Crippen molar-refractivity contribution in [3.8, 4) is 0 Å². The van der Waals surface area contributed by atoms with Crippen molar-refractivity contribution in [2.24, 2.45) is 0 Å². The van der Waals surface area contributed by atoms with Crippen LogP contribution in [0.25, 0.3) is 0 Å². The first kappa shape index (κ1) is 12.9. The maximum absolute atomic E-state index is 12.3. The van der Waals surface area contributed by atoms with E-state index < -0.39 is 11.7 Å². The molecule has 0 atom stereocenters. The number of alkyl halides is 3. The van der Waals surface area contributed by atoms with Crippen LogP contribution in [0.4, 0.5) is 13.2 Å². The summed E-state index contributed by atoms with van der Waals surface area (Å²) in [5, 5.41) is 2.83. The molecule has 0 aromatic heterocycles. The van der Waals surface area contributed by atoms with Gasteiger partial charge in [-0.1, -0.05) is 12.8 Å². The van der Waals surface area contributed by atoms with E-state index in [1.807, 2.05) is 0 Å². The van der Waals surface area contributed by atoms with Crippen molar-refractivity contribution >= 4 is 5.91 Å². The molecule has 1 aliphatic rings. The maximum Gasteiger partial charge on any atom is 0.416 e. The molecular weight excluding hydrogens is 243 g/mol. The van der Waals surface area contributed by atoms with Gasteiger partial charge in [0, 0.05) is 11.6 Å². The second-order valence-electron chi connectivity index (χ2n) is 4.53. The van der Waals surface area contributed by atoms with Gasteiger partial charge in [-0.25, -0.2) is 0 Å². The maximum atomic E-state index is 12.3. The van der Waals surface area contributed by atoms with Gasteiger partial charge in [0.15, 0.2) is 0 Å². The molecule has 0 radical (unpaired) electrons. The van der Waals surface area contributed by atoms with Crippen molar-refractivity contribution in [1.82, 2.24) is 5.32 Å². The Bertz CT molecular complexity index is 419. The Morgan fingerprint density at radius 3 is 2.17 bits per heavy atom. The summed E-state index contributed by atoms with van der Waals surface area (Å²) in [7, 11) is 0. The van der Waals surface area contributed by atoms with Crippen molar-refractivity contribution in [2.45, 2.75) is 37.9 Å². The number of rotatable bonds is 2. The molecule has 0 unspecified atom stereocenters. The molecule has 5 heteroatoms. The van der Waals surface area contributed by atoms with Gasteiger partial charge in [-0.2, -0.15) is 13.2 Å². The quantitative estimate of drug-likeness (QED) is 0.864. The van der Waals surface area contributed by atoms with Crippen LogP contribution in [-0.4, -0.2) is 11.9 Å². The topological polar surface area (TPSA) is 29.1 Å². The lowest BCUT2D eigenvalue weighted by Crippen LogP contribution is -2.32. The number of carbonyl (C=O) groups excluding carboxylic acids is 1. The lowest BCUT2D eigenvalue weighted by molar-refractivity contribution is -0.137. The van der Waals surface area contributed by atoms with E-state index in [9.17, 15) is 18.0 Å². The fourth-order valence-electron chi connectivity index (χ4n) is 2.15. The highest BCUT2D eigenvalue weighted by Gasteiger charge is 2.30. The number of benzene rings is 1. The number of halogens is 3. The zero-order valence-corrected chi connectivity index (χ0v) is 9.76. The van der Waals surface area contributed by atoms with E-state index in [1.165, 1.54) is 12.1 Å². The molecule has 0 aliphatic heterocycles. The molecule has 1 aliphatic carbocycles. The first-order valence-corrected chi connectivity index (χ1v) is 5.95. The molecule has 0 bridgehead atoms. The molecular formula is C13H14F3NO. The van der Waals surface area contributed by atoms with Gasteiger partial charge in [0.25, 0.3) is 5.91 Å². The van der Waals surface area contributed by atoms with Gasteiger partial charge in [-0.15, -0.1) is 0 Å². The number of amides is 1. The third kappa shape index (κ3) is 3.03. The van der Waals surface area contributed by atoms with E-state index in [2.05, 4.69) is 5.32 Å². The molecule has 2 nitrogen and oxygen atoms in total. The summed E-state index contributed by atoms with van der Waals surface area (Å²) < 4.78 is 37.0. The summed E-state index contributed by atoms with van der Waals surface area (Å²) in [5.41, 5.74) is -0.463. The van der Waals surface area contributed by atoms with E-state index in [1.54, 1.807) is 0 Å². The minimum atomic E-state index is -4.36. The van der Waals surface area contributed by atoms with Crippen LogP contribution in [0, 0.1) is 0 Å². The summed E-state index contributed by atoms with van der Waals surface area (Å²) in [5.74, 6) is -0.296. The van der Waals surface area contributed by atoms with Crippen molar-refractivity contribution in [3.63, 3.8) is 0 Å². The zero-order chi connectivity index (χ0) is 13.2. The minimum absolute atomic E-state index is 0.166. The molecule has 2 rings (SSSR count). The van der Waals surface area contributed by atoms with Crippen molar-refractivity contribution < 1.29 is 18.0 Å². The molecule has 1 fully saturated rings. The zero-order valence-electron chi connectivity index (χ0n) is 9.76. The van der Waals surface area contributed by atoms with Crippen molar-refractivity contribution in [3.05, 3.63) is 35.4 Å². The molecule has 0 heterocycles. The van der Waals surface area contributed by atoms with Gasteiger partial charge in [-0.05, 0) is 37.1 Å². The Kier molecular flexibility index (Phi) is 3.59. The Hall–Kier alpha value is -1.52. The fourth-order valence-corrected chi connectivity index (χ4v) is 2.15. The van der Waals surface area contributed by atoms with Gasteiger partial charge >= 0.3 is 6.18 Å². The van der Waals surface area contributed by atoms with Crippen LogP contribution in [-0.2, 0) is 6.18 Å². The van der Waals surface area contributed by atoms with Crippen LogP contribution >= 0.6 is 0 Å². The summed E-state index contributed by atoms with van der Waals surface area (Å²) in [4.78, 5) is 11.8. The SMILES string of the molecule is O=C(NC1CCCC1)c1ccc(C(F)(F)F)cc1. The van der Waals surface area contributed by atoms with Crippen LogP contribution in [0.2, 0.25) is 0 Å². The number of hydrogen-bond acceptors (Lipinski definition) is 1. The molecule has 18 heavy (non-hydrogen) atoms. The van der Waals surface area contributed by atoms with Crippen LogP contribution in [0.3, 0.4) is 0 Å². The van der Waals surface area contributed by atoms with Gasteiger partial charge in [0.2, 0.25) is 0 Å². The van der Waals surface area contributed by atoms with E-state index in [0.29, 0.717) is 0 Å². The molecule has 1 N–H and O–H groups in total. The van der Waals surface area contributed by atoms with Crippen molar-refractivity contribution in [2.75, 3.05) is 0 Å². The number of carbonyl (C=O) groups is 1. The van der Waals surface area contributed by atoms with E-state index in [-0.39, 0.29) is 17.5 Å². The van der Waals surface area contributed by atoms with Crippen LogP contribution in [0.5, 0.6) is 0 Å². The second-order valence-corrected chi connectivity index (χ2v) is 4.53. The Morgan fingerprint density at radius 2 is 1.67 bits per heavy atom. The third-order valence-electron chi connectivity index (χ3n) is 3.16. The number of hydrogen-bond donors (Lipinski definition) is 1. The lowest BCUT2D eigenvalue weighted by atomic mass is 10.1. The highest BCUT2D eigenvalue weighted by molar-refractivity contribution is 5.94.